The standard InChI is InChI=1S/C14H21NO4/c1-5-14(15,13(16)19-6-2)10-7-8-11(17-3)12(9-10)18-4/h7-9H,5-6,15H2,1-4H3. The average molecular weight is 267 g/mol. The van der Waals surface area contributed by atoms with Crippen molar-refractivity contribution >= 4 is 5.97 Å². The van der Waals surface area contributed by atoms with Crippen molar-refractivity contribution in [3.63, 3.8) is 0 Å². The first-order valence-corrected chi connectivity index (χ1v) is 6.22. The Labute approximate surface area is 113 Å². The van der Waals surface area contributed by atoms with Gasteiger partial charge in [-0.2, -0.15) is 0 Å². The molecule has 0 bridgehead atoms. The zero-order valence-electron chi connectivity index (χ0n) is 11.9. The summed E-state index contributed by atoms with van der Waals surface area (Å²) in [5, 5.41) is 0. The SMILES string of the molecule is CCOC(=O)C(N)(CC)c1ccc(OC)c(OC)c1. The molecule has 0 aliphatic heterocycles. The van der Waals surface area contributed by atoms with Crippen molar-refractivity contribution in [3.05, 3.63) is 23.8 Å². The molecule has 0 saturated heterocycles. The number of ether oxygens (including phenoxy) is 3. The molecule has 0 aliphatic rings. The van der Waals surface area contributed by atoms with E-state index in [0.717, 1.165) is 0 Å². The van der Waals surface area contributed by atoms with Crippen molar-refractivity contribution in [1.29, 1.82) is 0 Å². The average Bonchev–Trinajstić information content (AvgIpc) is 2.45. The number of nitrogens with two attached hydrogens (primary N) is 1. The van der Waals surface area contributed by atoms with Gasteiger partial charge in [0.05, 0.1) is 20.8 Å². The first kappa shape index (κ1) is 15.3. The number of hydrogen-bond acceptors (Lipinski definition) is 5. The van der Waals surface area contributed by atoms with E-state index in [1.54, 1.807) is 32.2 Å². The van der Waals surface area contributed by atoms with E-state index in [0.29, 0.717) is 30.1 Å². The Kier molecular flexibility index (Phi) is 5.18. The van der Waals surface area contributed by atoms with Crippen LogP contribution < -0.4 is 15.2 Å². The van der Waals surface area contributed by atoms with Crippen molar-refractivity contribution in [3.8, 4) is 11.5 Å². The molecule has 0 saturated carbocycles. The minimum absolute atomic E-state index is 0.297. The van der Waals surface area contributed by atoms with Gasteiger partial charge in [-0.15, -0.1) is 0 Å². The third kappa shape index (κ3) is 2.98. The maximum Gasteiger partial charge on any atom is 0.330 e. The molecule has 19 heavy (non-hydrogen) atoms. The van der Waals surface area contributed by atoms with Crippen molar-refractivity contribution in [2.45, 2.75) is 25.8 Å². The number of carbonyl (C=O) groups excluding carboxylic acids is 1. The molecule has 5 heteroatoms. The predicted octanol–water partition coefficient (Wildman–Crippen LogP) is 1.83. The van der Waals surface area contributed by atoms with Crippen LogP contribution in [-0.2, 0) is 15.1 Å². The Bertz CT molecular complexity index is 447. The molecule has 1 aromatic carbocycles. The second kappa shape index (κ2) is 6.43. The van der Waals surface area contributed by atoms with Gasteiger partial charge in [-0.3, -0.25) is 0 Å². The molecule has 0 radical (unpaired) electrons. The molecule has 0 aromatic heterocycles. The minimum Gasteiger partial charge on any atom is -0.493 e. The topological polar surface area (TPSA) is 70.8 Å². The highest BCUT2D eigenvalue weighted by molar-refractivity contribution is 5.82. The quantitative estimate of drug-likeness (QED) is 0.796. The smallest absolute Gasteiger partial charge is 0.330 e. The molecule has 1 unspecified atom stereocenters. The van der Waals surface area contributed by atoms with E-state index in [-0.39, 0.29) is 0 Å². The lowest BCUT2D eigenvalue weighted by Crippen LogP contribution is -2.45. The zero-order chi connectivity index (χ0) is 14.5. The summed E-state index contributed by atoms with van der Waals surface area (Å²) in [6, 6.07) is 5.19. The molecule has 0 spiro atoms. The van der Waals surface area contributed by atoms with Gasteiger partial charge >= 0.3 is 5.97 Å². The second-order valence-corrected chi connectivity index (χ2v) is 4.12. The zero-order valence-corrected chi connectivity index (χ0v) is 11.9. The number of hydrogen-bond donors (Lipinski definition) is 1. The van der Waals surface area contributed by atoms with Crippen LogP contribution in [0.3, 0.4) is 0 Å². The van der Waals surface area contributed by atoms with E-state index >= 15 is 0 Å². The van der Waals surface area contributed by atoms with Crippen LogP contribution in [0.1, 0.15) is 25.8 Å². The molecule has 106 valence electrons. The lowest BCUT2D eigenvalue weighted by atomic mass is 9.88. The Morgan fingerprint density at radius 3 is 2.32 bits per heavy atom. The van der Waals surface area contributed by atoms with Gasteiger partial charge in [-0.25, -0.2) is 4.79 Å². The monoisotopic (exact) mass is 267 g/mol. The fourth-order valence-corrected chi connectivity index (χ4v) is 1.84. The summed E-state index contributed by atoms with van der Waals surface area (Å²) in [7, 11) is 3.09. The minimum atomic E-state index is -1.17. The van der Waals surface area contributed by atoms with E-state index < -0.39 is 11.5 Å². The number of carbonyl (C=O) groups is 1. The van der Waals surface area contributed by atoms with Crippen LogP contribution in [0.5, 0.6) is 11.5 Å². The summed E-state index contributed by atoms with van der Waals surface area (Å²) in [4.78, 5) is 12.0. The van der Waals surface area contributed by atoms with E-state index in [2.05, 4.69) is 0 Å². The molecule has 5 nitrogen and oxygen atoms in total. The van der Waals surface area contributed by atoms with Crippen LogP contribution >= 0.6 is 0 Å². The Hall–Kier alpha value is -1.75. The lowest BCUT2D eigenvalue weighted by molar-refractivity contribution is -0.150. The predicted molar refractivity (Wildman–Crippen MR) is 72.3 cm³/mol. The van der Waals surface area contributed by atoms with Crippen LogP contribution in [0.4, 0.5) is 0 Å². The molecule has 0 amide bonds. The Morgan fingerprint density at radius 1 is 1.21 bits per heavy atom. The van der Waals surface area contributed by atoms with Crippen molar-refractivity contribution in [2.24, 2.45) is 5.73 Å². The number of rotatable bonds is 6. The summed E-state index contributed by atoms with van der Waals surface area (Å²) in [6.45, 7) is 3.89. The van der Waals surface area contributed by atoms with Crippen LogP contribution in [0.15, 0.2) is 18.2 Å². The molecule has 0 fully saturated rings. The number of esters is 1. The largest absolute Gasteiger partial charge is 0.493 e. The third-order valence-electron chi connectivity index (χ3n) is 3.10. The van der Waals surface area contributed by atoms with Crippen LogP contribution in [0, 0.1) is 0 Å². The third-order valence-corrected chi connectivity index (χ3v) is 3.10. The van der Waals surface area contributed by atoms with E-state index in [4.69, 9.17) is 19.9 Å². The van der Waals surface area contributed by atoms with E-state index in [1.807, 2.05) is 6.92 Å². The van der Waals surface area contributed by atoms with Gasteiger partial charge in [-0.05, 0) is 31.0 Å². The van der Waals surface area contributed by atoms with Gasteiger partial charge in [-0.1, -0.05) is 13.0 Å². The van der Waals surface area contributed by atoms with Gasteiger partial charge in [0.25, 0.3) is 0 Å². The second-order valence-electron chi connectivity index (χ2n) is 4.12. The van der Waals surface area contributed by atoms with Gasteiger partial charge < -0.3 is 19.9 Å². The molecule has 1 rings (SSSR count). The van der Waals surface area contributed by atoms with Crippen LogP contribution in [-0.4, -0.2) is 26.8 Å². The van der Waals surface area contributed by atoms with Crippen molar-refractivity contribution < 1.29 is 19.0 Å². The van der Waals surface area contributed by atoms with E-state index in [1.165, 1.54) is 7.11 Å². The first-order valence-electron chi connectivity index (χ1n) is 6.22. The highest BCUT2D eigenvalue weighted by Crippen LogP contribution is 2.33. The highest BCUT2D eigenvalue weighted by Gasteiger charge is 2.36. The Morgan fingerprint density at radius 2 is 1.84 bits per heavy atom. The van der Waals surface area contributed by atoms with Gasteiger partial charge in [0, 0.05) is 0 Å². The maximum absolute atomic E-state index is 12.0. The van der Waals surface area contributed by atoms with Gasteiger partial charge in [0.1, 0.15) is 5.54 Å². The lowest BCUT2D eigenvalue weighted by Gasteiger charge is -2.26. The van der Waals surface area contributed by atoms with Crippen molar-refractivity contribution in [2.75, 3.05) is 20.8 Å². The fourth-order valence-electron chi connectivity index (χ4n) is 1.84. The molecular weight excluding hydrogens is 246 g/mol. The van der Waals surface area contributed by atoms with E-state index in [9.17, 15) is 4.79 Å². The molecule has 0 heterocycles. The molecule has 0 aliphatic carbocycles. The molecule has 1 aromatic rings. The maximum atomic E-state index is 12.0. The van der Waals surface area contributed by atoms with Gasteiger partial charge in [0.15, 0.2) is 11.5 Å². The van der Waals surface area contributed by atoms with Gasteiger partial charge in [0.2, 0.25) is 0 Å². The Balaban J connectivity index is 3.21. The molecular formula is C14H21NO4. The summed E-state index contributed by atoms with van der Waals surface area (Å²) in [5.74, 6) is 0.686. The number of methoxy groups -OCH3 is 2. The molecule has 1 atom stereocenters. The number of benzene rings is 1. The van der Waals surface area contributed by atoms with Crippen LogP contribution in [0.25, 0.3) is 0 Å². The summed E-state index contributed by atoms with van der Waals surface area (Å²) in [6.07, 6.45) is 0.432. The summed E-state index contributed by atoms with van der Waals surface area (Å²) < 4.78 is 15.4. The van der Waals surface area contributed by atoms with Crippen LogP contribution in [0.2, 0.25) is 0 Å². The van der Waals surface area contributed by atoms with Crippen molar-refractivity contribution in [1.82, 2.24) is 0 Å². The normalized spacial score (nSPS) is 13.5. The fraction of sp³-hybridized carbons (Fsp3) is 0.500. The summed E-state index contributed by atoms with van der Waals surface area (Å²) in [5.41, 5.74) is 5.67. The summed E-state index contributed by atoms with van der Waals surface area (Å²) >= 11 is 0. The molecule has 2 N–H and O–H groups in total. The first-order chi connectivity index (χ1) is 9.03. The highest BCUT2D eigenvalue weighted by atomic mass is 16.5.